The molecule has 0 saturated carbocycles. The van der Waals surface area contributed by atoms with E-state index in [9.17, 15) is 14.4 Å². The molecule has 1 aromatic rings. The minimum Gasteiger partial charge on any atom is -0.481 e. The van der Waals surface area contributed by atoms with E-state index in [0.717, 1.165) is 19.8 Å². The predicted molar refractivity (Wildman–Crippen MR) is 128 cm³/mol. The number of carboxylic acid groups (broad SMARTS) is 3. The molecule has 0 aliphatic carbocycles. The normalized spacial score (nSPS) is 9.52. The van der Waals surface area contributed by atoms with Gasteiger partial charge in [0.1, 0.15) is 0 Å². The predicted octanol–water partition coefficient (Wildman–Crippen LogP) is 5.36. The van der Waals surface area contributed by atoms with Gasteiger partial charge in [-0.25, -0.2) is 4.79 Å². The Morgan fingerprint density at radius 2 is 1.18 bits per heavy atom. The fourth-order valence-electron chi connectivity index (χ4n) is 2.73. The highest BCUT2D eigenvalue weighted by molar-refractivity contribution is 5.87. The van der Waals surface area contributed by atoms with Gasteiger partial charge in [0.05, 0.1) is 12.0 Å². The van der Waals surface area contributed by atoms with Crippen molar-refractivity contribution in [2.45, 2.75) is 90.9 Å². The van der Waals surface area contributed by atoms with Gasteiger partial charge in [0.25, 0.3) is 5.97 Å². The second-order valence-corrected chi connectivity index (χ2v) is 7.62. The largest absolute Gasteiger partial charge is 0.481 e. The quantitative estimate of drug-likeness (QED) is 0.254. The van der Waals surface area contributed by atoms with Gasteiger partial charge in [0.15, 0.2) is 0 Å². The van der Waals surface area contributed by atoms with Gasteiger partial charge in [0.2, 0.25) is 5.91 Å². The maximum Gasteiger partial charge on any atom is 0.335 e. The lowest BCUT2D eigenvalue weighted by Crippen LogP contribution is -2.24. The van der Waals surface area contributed by atoms with Crippen LogP contribution < -0.4 is 5.32 Å². The monoisotopic (exact) mass is 467 g/mol. The molecule has 1 aromatic carbocycles. The summed E-state index contributed by atoms with van der Waals surface area (Å²) in [5, 5.41) is 27.0. The molecule has 0 saturated heterocycles. The molecular formula is C25H41NO7. The Morgan fingerprint density at radius 1 is 0.727 bits per heavy atom. The van der Waals surface area contributed by atoms with Crippen molar-refractivity contribution >= 4 is 23.8 Å². The molecule has 4 N–H and O–H groups in total. The van der Waals surface area contributed by atoms with Crippen molar-refractivity contribution in [1.82, 2.24) is 5.32 Å². The fourth-order valence-corrected chi connectivity index (χ4v) is 2.73. The minimum absolute atomic E-state index is 0.0795. The summed E-state index contributed by atoms with van der Waals surface area (Å²) in [7, 11) is 0. The van der Waals surface area contributed by atoms with E-state index in [1.165, 1.54) is 51.4 Å². The number of hydrogen-bond acceptors (Lipinski definition) is 4. The lowest BCUT2D eigenvalue weighted by atomic mass is 10.1. The maximum absolute atomic E-state index is 11.2. The fraction of sp³-hybridized carbons (Fsp3) is 0.600. The number of nitrogens with one attached hydrogen (secondary N) is 1. The van der Waals surface area contributed by atoms with Gasteiger partial charge in [-0.1, -0.05) is 82.9 Å². The van der Waals surface area contributed by atoms with E-state index < -0.39 is 17.9 Å². The van der Waals surface area contributed by atoms with Crippen LogP contribution in [0.1, 0.15) is 101 Å². The van der Waals surface area contributed by atoms with Gasteiger partial charge in [-0.05, 0) is 18.6 Å². The highest BCUT2D eigenvalue weighted by Gasteiger charge is 2.04. The standard InChI is InChI=1S/C16H31NO3.C7H6O2.C2H4O2/c1-2-3-4-5-6-7-8-9-10-11-14-17-15(18)12-13-16(19)20;8-7(9)6-4-2-1-3-5-6;1-2(3)4/h2-14H2,1H3,(H,17,18)(H,19,20);1-5H,(H,8,9);1H3,(H,3,4). The Bertz CT molecular complexity index is 643. The van der Waals surface area contributed by atoms with Crippen molar-refractivity contribution < 1.29 is 34.5 Å². The number of carbonyl (C=O) groups excluding carboxylic acids is 1. The molecule has 0 aromatic heterocycles. The summed E-state index contributed by atoms with van der Waals surface area (Å²) in [6.45, 7) is 4.00. The van der Waals surface area contributed by atoms with Gasteiger partial charge in [-0.3, -0.25) is 14.4 Å². The molecule has 33 heavy (non-hydrogen) atoms. The third-order valence-electron chi connectivity index (χ3n) is 4.44. The number of benzene rings is 1. The zero-order valence-corrected chi connectivity index (χ0v) is 20.1. The molecule has 8 heteroatoms. The first-order valence-corrected chi connectivity index (χ1v) is 11.7. The van der Waals surface area contributed by atoms with Gasteiger partial charge in [-0.2, -0.15) is 0 Å². The summed E-state index contributed by atoms with van der Waals surface area (Å²) >= 11 is 0. The summed E-state index contributed by atoms with van der Waals surface area (Å²) in [6.07, 6.45) is 12.8. The van der Waals surface area contributed by atoms with Crippen molar-refractivity contribution in [2.75, 3.05) is 6.54 Å². The Morgan fingerprint density at radius 3 is 1.58 bits per heavy atom. The van der Waals surface area contributed by atoms with Crippen molar-refractivity contribution in [1.29, 1.82) is 0 Å². The second kappa shape index (κ2) is 23.8. The van der Waals surface area contributed by atoms with Crippen LogP contribution in [0.5, 0.6) is 0 Å². The zero-order chi connectivity index (χ0) is 25.3. The summed E-state index contributed by atoms with van der Waals surface area (Å²) in [6, 6.07) is 8.30. The highest BCUT2D eigenvalue weighted by Crippen LogP contribution is 2.10. The SMILES string of the molecule is CC(=O)O.CCCCCCCCCCCCNC(=O)CCC(=O)O.O=C(O)c1ccccc1. The minimum atomic E-state index is -0.918. The summed E-state index contributed by atoms with van der Waals surface area (Å²) < 4.78 is 0. The molecule has 188 valence electrons. The highest BCUT2D eigenvalue weighted by atomic mass is 16.4. The molecule has 0 radical (unpaired) electrons. The van der Waals surface area contributed by atoms with Crippen LogP contribution in [-0.4, -0.2) is 45.7 Å². The van der Waals surface area contributed by atoms with E-state index in [1.807, 2.05) is 0 Å². The number of aliphatic carboxylic acids is 2. The summed E-state index contributed by atoms with van der Waals surface area (Å²) in [4.78, 5) is 40.7. The molecule has 0 bridgehead atoms. The molecule has 0 aliphatic heterocycles. The smallest absolute Gasteiger partial charge is 0.335 e. The van der Waals surface area contributed by atoms with Gasteiger partial charge >= 0.3 is 11.9 Å². The number of hydrogen-bond donors (Lipinski definition) is 4. The van der Waals surface area contributed by atoms with Crippen molar-refractivity contribution in [3.63, 3.8) is 0 Å². The first kappa shape index (κ1) is 32.3. The van der Waals surface area contributed by atoms with Crippen LogP contribution in [0.25, 0.3) is 0 Å². The first-order chi connectivity index (χ1) is 15.7. The third kappa shape index (κ3) is 29.1. The Kier molecular flexibility index (Phi) is 23.2. The number of carboxylic acids is 3. The topological polar surface area (TPSA) is 141 Å². The molecule has 8 nitrogen and oxygen atoms in total. The Balaban J connectivity index is 0. The molecule has 0 unspecified atom stereocenters. The van der Waals surface area contributed by atoms with E-state index in [4.69, 9.17) is 20.1 Å². The molecule has 1 rings (SSSR count). The lowest BCUT2D eigenvalue weighted by Gasteiger charge is -2.04. The van der Waals surface area contributed by atoms with Crippen LogP contribution in [0.4, 0.5) is 0 Å². The zero-order valence-electron chi connectivity index (χ0n) is 20.1. The molecule has 0 fully saturated rings. The summed E-state index contributed by atoms with van der Waals surface area (Å²) in [5.74, 6) is -2.78. The first-order valence-electron chi connectivity index (χ1n) is 11.7. The van der Waals surface area contributed by atoms with Crippen molar-refractivity contribution in [2.24, 2.45) is 0 Å². The average molecular weight is 468 g/mol. The summed E-state index contributed by atoms with van der Waals surface area (Å²) in [5.41, 5.74) is 0.331. The number of aromatic carboxylic acids is 1. The number of unbranched alkanes of at least 4 members (excludes halogenated alkanes) is 9. The van der Waals surface area contributed by atoms with E-state index in [2.05, 4.69) is 12.2 Å². The van der Waals surface area contributed by atoms with Crippen molar-refractivity contribution in [3.8, 4) is 0 Å². The molecule has 0 heterocycles. The molecular weight excluding hydrogens is 426 g/mol. The third-order valence-corrected chi connectivity index (χ3v) is 4.44. The molecule has 0 aliphatic rings. The Hall–Kier alpha value is -2.90. The van der Waals surface area contributed by atoms with Gasteiger partial charge in [-0.15, -0.1) is 0 Å². The second-order valence-electron chi connectivity index (χ2n) is 7.62. The van der Waals surface area contributed by atoms with Crippen LogP contribution in [-0.2, 0) is 14.4 Å². The van der Waals surface area contributed by atoms with Crippen molar-refractivity contribution in [3.05, 3.63) is 35.9 Å². The van der Waals surface area contributed by atoms with Crippen LogP contribution in [0.15, 0.2) is 30.3 Å². The van der Waals surface area contributed by atoms with E-state index in [0.29, 0.717) is 12.1 Å². The maximum atomic E-state index is 11.2. The van der Waals surface area contributed by atoms with E-state index >= 15 is 0 Å². The van der Waals surface area contributed by atoms with Crippen LogP contribution >= 0.6 is 0 Å². The van der Waals surface area contributed by atoms with E-state index in [1.54, 1.807) is 30.3 Å². The van der Waals surface area contributed by atoms with Crippen LogP contribution in [0.3, 0.4) is 0 Å². The van der Waals surface area contributed by atoms with Crippen LogP contribution in [0, 0.1) is 0 Å². The number of amides is 1. The average Bonchev–Trinajstić information content (AvgIpc) is 2.76. The number of rotatable bonds is 15. The number of carbonyl (C=O) groups is 4. The Labute approximate surface area is 197 Å². The lowest BCUT2D eigenvalue weighted by molar-refractivity contribution is -0.138. The van der Waals surface area contributed by atoms with Crippen LogP contribution in [0.2, 0.25) is 0 Å². The van der Waals surface area contributed by atoms with Gasteiger partial charge < -0.3 is 20.6 Å². The molecule has 1 amide bonds. The van der Waals surface area contributed by atoms with E-state index in [-0.39, 0.29) is 18.7 Å². The molecule has 0 atom stereocenters. The van der Waals surface area contributed by atoms with Gasteiger partial charge in [0, 0.05) is 19.9 Å². The molecule has 0 spiro atoms.